The van der Waals surface area contributed by atoms with E-state index in [4.69, 9.17) is 14.2 Å². The van der Waals surface area contributed by atoms with Crippen LogP contribution in [-0.2, 0) is 28.6 Å². The van der Waals surface area contributed by atoms with Gasteiger partial charge in [-0.15, -0.1) is 0 Å². The van der Waals surface area contributed by atoms with Gasteiger partial charge in [-0.3, -0.25) is 9.59 Å². The van der Waals surface area contributed by atoms with Crippen molar-refractivity contribution in [3.63, 3.8) is 0 Å². The highest BCUT2D eigenvalue weighted by Gasteiger charge is 2.25. The average Bonchev–Trinajstić information content (AvgIpc) is 3.06. The number of likely N-dealkylation sites (N-methyl/N-ethyl adjacent to an activating group) is 1. The number of carboxylic acid groups (broad SMARTS) is 1. The lowest BCUT2D eigenvalue weighted by molar-refractivity contribution is -0.889. The predicted octanol–water partition coefficient (Wildman–Crippen LogP) is 8.07. The van der Waals surface area contributed by atoms with Crippen molar-refractivity contribution < 1.29 is 38.2 Å². The highest BCUT2D eigenvalue weighted by Crippen LogP contribution is 2.10. The first-order chi connectivity index (χ1) is 24.1. The molecule has 0 saturated carbocycles. The van der Waals surface area contributed by atoms with Crippen molar-refractivity contribution in [2.24, 2.45) is 0 Å². The maximum absolute atomic E-state index is 12.6. The summed E-state index contributed by atoms with van der Waals surface area (Å²) in [6.07, 6.45) is 40.6. The molecule has 282 valence electrons. The average molecular weight is 698 g/mol. The number of carbonyl (C=O) groups excluding carboxylic acids is 3. The number of rotatable bonds is 31. The molecule has 0 aromatic carbocycles. The Bertz CT molecular complexity index is 1090. The minimum atomic E-state index is -1.15. The van der Waals surface area contributed by atoms with Crippen molar-refractivity contribution in [2.75, 3.05) is 41.0 Å². The van der Waals surface area contributed by atoms with E-state index < -0.39 is 24.1 Å². The molecule has 0 amide bonds. The largest absolute Gasteiger partial charge is 0.544 e. The summed E-state index contributed by atoms with van der Waals surface area (Å²) in [4.78, 5) is 36.6. The summed E-state index contributed by atoms with van der Waals surface area (Å²) >= 11 is 0. The second-order valence-corrected chi connectivity index (χ2v) is 13.0. The summed E-state index contributed by atoms with van der Waals surface area (Å²) in [6.45, 7) is 4.27. The summed E-state index contributed by atoms with van der Waals surface area (Å²) < 4.78 is 16.9. The van der Waals surface area contributed by atoms with Crippen LogP contribution in [0.5, 0.6) is 0 Å². The second kappa shape index (κ2) is 32.7. The molecule has 2 unspecified atom stereocenters. The maximum atomic E-state index is 12.6. The molecule has 0 fully saturated rings. The Morgan fingerprint density at radius 3 is 1.60 bits per heavy atom. The van der Waals surface area contributed by atoms with Crippen LogP contribution < -0.4 is 5.11 Å². The SMILES string of the molecule is CC/C=C\C/C=C\C/C=C\C/C=C\CCC(=O)OC(COCCC(C(=O)[O-])[N+](C)(C)C)COC(=O)CCCCC/C=C\C/C=C\C/C=C\CC. The molecular formula is C42H67NO7. The van der Waals surface area contributed by atoms with E-state index in [0.717, 1.165) is 70.6 Å². The molecule has 0 aliphatic heterocycles. The number of hydrogen-bond acceptors (Lipinski definition) is 7. The van der Waals surface area contributed by atoms with Crippen molar-refractivity contribution in [3.05, 3.63) is 85.1 Å². The summed E-state index contributed by atoms with van der Waals surface area (Å²) in [5.41, 5.74) is 0. The molecule has 0 aromatic heterocycles. The standard InChI is InChI=1S/C42H67NO7/c1-6-8-10-12-14-16-18-20-22-24-26-28-30-32-40(44)49-37-38(36-48-35-34-39(42(46)47)43(3,4)5)50-41(45)33-31-29-27-25-23-21-19-17-15-13-11-9-7-2/h8-11,14-17,20-23,27,29,38-39H,6-7,12-13,18-19,24-26,28,30-37H2,1-5H3/b10-8-,11-9-,16-14-,17-15-,22-20-,23-21-,29-27-. The second-order valence-electron chi connectivity index (χ2n) is 13.0. The van der Waals surface area contributed by atoms with Crippen molar-refractivity contribution >= 4 is 17.9 Å². The Hall–Kier alpha value is -3.49. The van der Waals surface area contributed by atoms with E-state index in [9.17, 15) is 19.5 Å². The minimum absolute atomic E-state index is 0.00311. The van der Waals surface area contributed by atoms with Crippen LogP contribution in [0, 0.1) is 0 Å². The third kappa shape index (κ3) is 30.6. The summed E-state index contributed by atoms with van der Waals surface area (Å²) in [5, 5.41) is 11.6. The number of hydrogen-bond donors (Lipinski definition) is 0. The molecule has 0 saturated heterocycles. The molecule has 0 aromatic rings. The molecule has 0 aliphatic rings. The fraction of sp³-hybridized carbons (Fsp3) is 0.595. The van der Waals surface area contributed by atoms with E-state index in [0.29, 0.717) is 12.8 Å². The molecule has 2 atom stereocenters. The molecule has 8 heteroatoms. The quantitative estimate of drug-likeness (QED) is 0.0313. The number of ether oxygens (including phenoxy) is 3. The molecule has 0 radical (unpaired) electrons. The first-order valence-corrected chi connectivity index (χ1v) is 18.6. The lowest BCUT2D eigenvalue weighted by Crippen LogP contribution is -2.55. The molecule has 0 heterocycles. The molecule has 0 rings (SSSR count). The third-order valence-electron chi connectivity index (χ3n) is 7.54. The van der Waals surface area contributed by atoms with Crippen molar-refractivity contribution in [2.45, 2.75) is 122 Å². The molecular weight excluding hydrogens is 630 g/mol. The number of esters is 2. The number of nitrogens with zero attached hydrogens (tertiary/aromatic N) is 1. The number of allylic oxidation sites excluding steroid dienone is 14. The summed E-state index contributed by atoms with van der Waals surface area (Å²) in [7, 11) is 5.35. The van der Waals surface area contributed by atoms with Crippen molar-refractivity contribution in [3.8, 4) is 0 Å². The topological polar surface area (TPSA) is 102 Å². The fourth-order valence-corrected chi connectivity index (χ4v) is 4.68. The van der Waals surface area contributed by atoms with Gasteiger partial charge in [0, 0.05) is 19.3 Å². The number of carboxylic acids is 1. The molecule has 8 nitrogen and oxygen atoms in total. The first kappa shape index (κ1) is 46.5. The molecule has 0 N–H and O–H groups in total. The lowest BCUT2D eigenvalue weighted by Gasteiger charge is -2.34. The summed E-state index contributed by atoms with van der Waals surface area (Å²) in [5.74, 6) is -1.90. The van der Waals surface area contributed by atoms with E-state index in [-0.39, 0.29) is 43.1 Å². The number of unbranched alkanes of at least 4 members (excludes halogenated alkanes) is 3. The van der Waals surface area contributed by atoms with Gasteiger partial charge in [-0.1, -0.05) is 105 Å². The summed E-state index contributed by atoms with van der Waals surface area (Å²) in [6, 6.07) is -0.745. The van der Waals surface area contributed by atoms with Gasteiger partial charge in [0.2, 0.25) is 0 Å². The Labute approximate surface area is 303 Å². The maximum Gasteiger partial charge on any atom is 0.306 e. The molecule has 0 spiro atoms. The molecule has 0 aliphatic carbocycles. The Morgan fingerprint density at radius 1 is 0.600 bits per heavy atom. The van der Waals surface area contributed by atoms with Crippen LogP contribution in [0.3, 0.4) is 0 Å². The van der Waals surface area contributed by atoms with Crippen LogP contribution in [-0.4, -0.2) is 75.5 Å². The van der Waals surface area contributed by atoms with Gasteiger partial charge in [-0.05, 0) is 70.6 Å². The third-order valence-corrected chi connectivity index (χ3v) is 7.54. The van der Waals surface area contributed by atoms with E-state index >= 15 is 0 Å². The van der Waals surface area contributed by atoms with Gasteiger partial charge in [0.15, 0.2) is 6.10 Å². The Morgan fingerprint density at radius 2 is 1.10 bits per heavy atom. The number of carbonyl (C=O) groups is 3. The Balaban J connectivity index is 4.62. The van der Waals surface area contributed by atoms with Gasteiger partial charge in [0.25, 0.3) is 0 Å². The van der Waals surface area contributed by atoms with Gasteiger partial charge >= 0.3 is 11.9 Å². The van der Waals surface area contributed by atoms with Crippen LogP contribution in [0.4, 0.5) is 0 Å². The van der Waals surface area contributed by atoms with Gasteiger partial charge in [-0.25, -0.2) is 0 Å². The highest BCUT2D eigenvalue weighted by atomic mass is 16.6. The van der Waals surface area contributed by atoms with Crippen molar-refractivity contribution in [1.82, 2.24) is 0 Å². The van der Waals surface area contributed by atoms with Crippen LogP contribution in [0.25, 0.3) is 0 Å². The zero-order chi connectivity index (χ0) is 37.1. The molecule has 50 heavy (non-hydrogen) atoms. The van der Waals surface area contributed by atoms with Crippen LogP contribution in [0.2, 0.25) is 0 Å². The van der Waals surface area contributed by atoms with Gasteiger partial charge in [0.1, 0.15) is 12.6 Å². The zero-order valence-electron chi connectivity index (χ0n) is 31.8. The van der Waals surface area contributed by atoms with E-state index in [2.05, 4.69) is 86.8 Å². The van der Waals surface area contributed by atoms with E-state index in [1.807, 2.05) is 12.2 Å². The fourth-order valence-electron chi connectivity index (χ4n) is 4.68. The van der Waals surface area contributed by atoms with Crippen LogP contribution in [0.1, 0.15) is 110 Å². The lowest BCUT2D eigenvalue weighted by atomic mass is 10.1. The smallest absolute Gasteiger partial charge is 0.306 e. The highest BCUT2D eigenvalue weighted by molar-refractivity contribution is 5.70. The van der Waals surface area contributed by atoms with Gasteiger partial charge in [-0.2, -0.15) is 0 Å². The predicted molar refractivity (Wildman–Crippen MR) is 203 cm³/mol. The van der Waals surface area contributed by atoms with Gasteiger partial charge in [0.05, 0.1) is 40.3 Å². The monoisotopic (exact) mass is 697 g/mol. The number of aliphatic carboxylic acids is 1. The van der Waals surface area contributed by atoms with Crippen LogP contribution in [0.15, 0.2) is 85.1 Å². The van der Waals surface area contributed by atoms with E-state index in [1.54, 1.807) is 21.1 Å². The van der Waals surface area contributed by atoms with E-state index in [1.165, 1.54) is 0 Å². The van der Waals surface area contributed by atoms with Crippen molar-refractivity contribution in [1.29, 1.82) is 0 Å². The van der Waals surface area contributed by atoms with Crippen LogP contribution >= 0.6 is 0 Å². The Kier molecular flexibility index (Phi) is 30.4. The molecule has 0 bridgehead atoms. The zero-order valence-corrected chi connectivity index (χ0v) is 31.8. The normalized spacial score (nSPS) is 14.0. The minimum Gasteiger partial charge on any atom is -0.544 e. The first-order valence-electron chi connectivity index (χ1n) is 18.6. The number of quaternary nitrogens is 1. The van der Waals surface area contributed by atoms with Gasteiger partial charge < -0.3 is 28.6 Å².